The van der Waals surface area contributed by atoms with Crippen LogP contribution in [0.1, 0.15) is 17.5 Å². The Kier molecular flexibility index (Phi) is 8.11. The van der Waals surface area contributed by atoms with Gasteiger partial charge in [-0.05, 0) is 35.7 Å². The summed E-state index contributed by atoms with van der Waals surface area (Å²) >= 11 is 6.09. The van der Waals surface area contributed by atoms with Crippen LogP contribution in [0.2, 0.25) is 5.02 Å². The maximum atomic E-state index is 12.5. The van der Waals surface area contributed by atoms with Gasteiger partial charge in [0.2, 0.25) is 11.8 Å². The minimum Gasteiger partial charge on any atom is -0.497 e. The molecule has 1 aliphatic rings. The highest BCUT2D eigenvalue weighted by atomic mass is 35.5. The van der Waals surface area contributed by atoms with Crippen molar-refractivity contribution in [3.63, 3.8) is 0 Å². The maximum absolute atomic E-state index is 12.5. The van der Waals surface area contributed by atoms with Gasteiger partial charge in [-0.3, -0.25) is 9.59 Å². The summed E-state index contributed by atoms with van der Waals surface area (Å²) in [5.74, 6) is 0.863. The van der Waals surface area contributed by atoms with Gasteiger partial charge in [-0.15, -0.1) is 0 Å². The number of benzene rings is 2. The van der Waals surface area contributed by atoms with Gasteiger partial charge in [-0.25, -0.2) is 0 Å². The van der Waals surface area contributed by atoms with E-state index in [2.05, 4.69) is 0 Å². The average Bonchev–Trinajstić information content (AvgIpc) is 2.79. The Morgan fingerprint density at radius 1 is 0.933 bits per heavy atom. The van der Waals surface area contributed by atoms with Crippen LogP contribution < -0.4 is 4.74 Å². The number of piperazine rings is 1. The molecule has 6 nitrogen and oxygen atoms in total. The van der Waals surface area contributed by atoms with Crippen molar-refractivity contribution in [3.8, 4) is 5.75 Å². The molecule has 2 aromatic carbocycles. The highest BCUT2D eigenvalue weighted by Crippen LogP contribution is 2.16. The lowest BCUT2D eigenvalue weighted by atomic mass is 10.1. The molecule has 0 saturated carbocycles. The van der Waals surface area contributed by atoms with E-state index in [1.165, 1.54) is 0 Å². The normalized spacial score (nSPS) is 13.9. The Balaban J connectivity index is 1.36. The minimum absolute atomic E-state index is 0.0106. The molecule has 2 amide bonds. The zero-order chi connectivity index (χ0) is 21.3. The Hall–Kier alpha value is -2.57. The molecule has 0 aliphatic carbocycles. The summed E-state index contributed by atoms with van der Waals surface area (Å²) in [7, 11) is 1.63. The number of carbonyl (C=O) groups is 2. The largest absolute Gasteiger partial charge is 0.497 e. The Morgan fingerprint density at radius 2 is 1.57 bits per heavy atom. The summed E-state index contributed by atoms with van der Waals surface area (Å²) < 4.78 is 10.7. The first-order valence-corrected chi connectivity index (χ1v) is 10.4. The van der Waals surface area contributed by atoms with Gasteiger partial charge < -0.3 is 19.3 Å². The second-order valence-corrected chi connectivity index (χ2v) is 7.60. The second kappa shape index (κ2) is 11.0. The number of carbonyl (C=O) groups excluding carboxylic acids is 2. The molecule has 0 aromatic heterocycles. The van der Waals surface area contributed by atoms with E-state index in [1.807, 2.05) is 47.4 Å². The fourth-order valence-electron chi connectivity index (χ4n) is 3.36. The summed E-state index contributed by atoms with van der Waals surface area (Å²) in [5.41, 5.74) is 1.97. The van der Waals surface area contributed by atoms with Gasteiger partial charge in [-0.2, -0.15) is 0 Å². The van der Waals surface area contributed by atoms with E-state index in [4.69, 9.17) is 21.1 Å². The predicted molar refractivity (Wildman–Crippen MR) is 116 cm³/mol. The minimum atomic E-state index is -0.0626. The predicted octanol–water partition coefficient (Wildman–Crippen LogP) is 3.17. The first kappa shape index (κ1) is 22.1. The Morgan fingerprint density at radius 3 is 2.20 bits per heavy atom. The lowest BCUT2D eigenvalue weighted by Gasteiger charge is -2.34. The molecule has 2 aromatic rings. The van der Waals surface area contributed by atoms with Crippen LogP contribution in [0.3, 0.4) is 0 Å². The molecular weight excluding hydrogens is 404 g/mol. The second-order valence-electron chi connectivity index (χ2n) is 7.19. The van der Waals surface area contributed by atoms with Crippen LogP contribution in [0.25, 0.3) is 0 Å². The zero-order valence-corrected chi connectivity index (χ0v) is 17.9. The number of methoxy groups -OCH3 is 1. The summed E-state index contributed by atoms with van der Waals surface area (Å²) in [4.78, 5) is 28.4. The zero-order valence-electron chi connectivity index (χ0n) is 17.2. The molecule has 1 heterocycles. The SMILES string of the molecule is COc1ccc(CCC(=O)N2CCN(C(=O)COCc3ccccc3Cl)CC2)cc1. The summed E-state index contributed by atoms with van der Waals surface area (Å²) in [6.45, 7) is 2.48. The highest BCUT2D eigenvalue weighted by Gasteiger charge is 2.23. The van der Waals surface area contributed by atoms with Crippen molar-refractivity contribution >= 4 is 23.4 Å². The van der Waals surface area contributed by atoms with E-state index in [0.29, 0.717) is 50.7 Å². The van der Waals surface area contributed by atoms with Crippen LogP contribution in [0, 0.1) is 0 Å². The number of ether oxygens (including phenoxy) is 2. The van der Waals surface area contributed by atoms with Crippen molar-refractivity contribution < 1.29 is 19.1 Å². The average molecular weight is 431 g/mol. The van der Waals surface area contributed by atoms with Crippen molar-refractivity contribution in [1.82, 2.24) is 9.80 Å². The lowest BCUT2D eigenvalue weighted by molar-refractivity contribution is -0.142. The first-order valence-electron chi connectivity index (χ1n) is 10.1. The molecule has 160 valence electrons. The lowest BCUT2D eigenvalue weighted by Crippen LogP contribution is -2.51. The van der Waals surface area contributed by atoms with E-state index in [-0.39, 0.29) is 18.4 Å². The summed E-state index contributed by atoms with van der Waals surface area (Å²) in [6, 6.07) is 15.2. The van der Waals surface area contributed by atoms with Crippen LogP contribution in [0.5, 0.6) is 5.75 Å². The molecule has 0 atom stereocenters. The molecule has 0 N–H and O–H groups in total. The third kappa shape index (κ3) is 6.21. The smallest absolute Gasteiger partial charge is 0.248 e. The summed E-state index contributed by atoms with van der Waals surface area (Å²) in [5, 5.41) is 0.631. The summed E-state index contributed by atoms with van der Waals surface area (Å²) in [6.07, 6.45) is 1.15. The van der Waals surface area contributed by atoms with Gasteiger partial charge in [-0.1, -0.05) is 41.9 Å². The monoisotopic (exact) mass is 430 g/mol. The molecule has 1 saturated heterocycles. The number of amides is 2. The number of hydrogen-bond donors (Lipinski definition) is 0. The first-order chi connectivity index (χ1) is 14.6. The van der Waals surface area contributed by atoms with Gasteiger partial charge in [0.1, 0.15) is 12.4 Å². The highest BCUT2D eigenvalue weighted by molar-refractivity contribution is 6.31. The molecule has 1 fully saturated rings. The van der Waals surface area contributed by atoms with Gasteiger partial charge in [0.05, 0.1) is 13.7 Å². The van der Waals surface area contributed by atoms with Crippen molar-refractivity contribution in [2.24, 2.45) is 0 Å². The van der Waals surface area contributed by atoms with Crippen LogP contribution >= 0.6 is 11.6 Å². The third-order valence-corrected chi connectivity index (χ3v) is 5.58. The van der Waals surface area contributed by atoms with Crippen LogP contribution in [0.15, 0.2) is 48.5 Å². The van der Waals surface area contributed by atoms with E-state index < -0.39 is 0 Å². The van der Waals surface area contributed by atoms with Gasteiger partial charge in [0.15, 0.2) is 0 Å². The fraction of sp³-hybridized carbons (Fsp3) is 0.391. The van der Waals surface area contributed by atoms with Gasteiger partial charge in [0, 0.05) is 37.6 Å². The number of aryl methyl sites for hydroxylation is 1. The molecule has 30 heavy (non-hydrogen) atoms. The standard InChI is InChI=1S/C23H27ClN2O4/c1-29-20-9-6-18(7-10-20)8-11-22(27)25-12-14-26(15-13-25)23(28)17-30-16-19-4-2-3-5-21(19)24/h2-7,9-10H,8,11-17H2,1H3. The number of halogens is 1. The molecule has 0 unspecified atom stereocenters. The molecule has 0 radical (unpaired) electrons. The van der Waals surface area contributed by atoms with E-state index in [9.17, 15) is 9.59 Å². The topological polar surface area (TPSA) is 59.1 Å². The van der Waals surface area contributed by atoms with Gasteiger partial charge >= 0.3 is 0 Å². The van der Waals surface area contributed by atoms with E-state index in [0.717, 1.165) is 16.9 Å². The number of nitrogens with zero attached hydrogens (tertiary/aromatic N) is 2. The Bertz CT molecular complexity index is 849. The molecular formula is C23H27ClN2O4. The molecule has 7 heteroatoms. The Labute approximate surface area is 182 Å². The van der Waals surface area contributed by atoms with Crippen molar-refractivity contribution in [2.45, 2.75) is 19.4 Å². The molecule has 1 aliphatic heterocycles. The van der Waals surface area contributed by atoms with Gasteiger partial charge in [0.25, 0.3) is 0 Å². The number of rotatable bonds is 8. The van der Waals surface area contributed by atoms with Crippen LogP contribution in [-0.4, -0.2) is 61.5 Å². The molecule has 0 bridgehead atoms. The van der Waals surface area contributed by atoms with Crippen LogP contribution in [-0.2, 0) is 27.4 Å². The number of hydrogen-bond acceptors (Lipinski definition) is 4. The van der Waals surface area contributed by atoms with Crippen molar-refractivity contribution in [1.29, 1.82) is 0 Å². The van der Waals surface area contributed by atoms with Crippen molar-refractivity contribution in [2.75, 3.05) is 39.9 Å². The maximum Gasteiger partial charge on any atom is 0.248 e. The van der Waals surface area contributed by atoms with E-state index in [1.54, 1.807) is 18.1 Å². The quantitative estimate of drug-likeness (QED) is 0.645. The van der Waals surface area contributed by atoms with Crippen LogP contribution in [0.4, 0.5) is 0 Å². The fourth-order valence-corrected chi connectivity index (χ4v) is 3.55. The van der Waals surface area contributed by atoms with Crippen molar-refractivity contribution in [3.05, 3.63) is 64.7 Å². The molecule has 3 rings (SSSR count). The molecule has 0 spiro atoms. The third-order valence-electron chi connectivity index (χ3n) is 5.21. The van der Waals surface area contributed by atoms with E-state index >= 15 is 0 Å².